The molecule has 0 saturated heterocycles. The second-order valence-electron chi connectivity index (χ2n) is 12.3. The van der Waals surface area contributed by atoms with Crippen molar-refractivity contribution in [2.24, 2.45) is 0 Å². The number of hydrogen-bond acceptors (Lipinski definition) is 10. The summed E-state index contributed by atoms with van der Waals surface area (Å²) in [5.74, 6) is 4.15. The number of benzene rings is 4. The molecule has 2 N–H and O–H groups in total. The smallest absolute Gasteiger partial charge is 0.294 e. The fourth-order valence-corrected chi connectivity index (χ4v) is 6.95. The number of ether oxygens (including phenoxy) is 6. The van der Waals surface area contributed by atoms with E-state index in [0.717, 1.165) is 62.0 Å². The highest BCUT2D eigenvalue weighted by Gasteiger charge is 2.27. The van der Waals surface area contributed by atoms with E-state index < -0.39 is 10.1 Å². The standard InChI is InChI=1S/C38H46N2O9S/c1-24-18-33(32(45-5)22-36(24)50(41,42)43)48-29-12-9-25(10-13-29)8-11-26-20-34(31(44-4)19-27(26)14-16-39-2)49-37-30-23-40(3)17-15-28(30)21-35(46-6)38(37)47-7/h9-10,12-13,18-22,39H,8,11,14-17,23H2,1-7H3,(H,41,42,43). The van der Waals surface area contributed by atoms with Gasteiger partial charge in [0.25, 0.3) is 10.1 Å². The highest BCUT2D eigenvalue weighted by Crippen LogP contribution is 2.47. The van der Waals surface area contributed by atoms with Crippen LogP contribution in [0.2, 0.25) is 0 Å². The molecule has 1 aliphatic heterocycles. The van der Waals surface area contributed by atoms with Crippen LogP contribution in [0, 0.1) is 6.92 Å². The lowest BCUT2D eigenvalue weighted by molar-refractivity contribution is 0.291. The molecule has 50 heavy (non-hydrogen) atoms. The molecule has 0 radical (unpaired) electrons. The molecule has 0 unspecified atom stereocenters. The van der Waals surface area contributed by atoms with Crippen LogP contribution in [0.1, 0.15) is 33.4 Å². The van der Waals surface area contributed by atoms with Crippen LogP contribution in [0.3, 0.4) is 0 Å². The minimum absolute atomic E-state index is 0.193. The van der Waals surface area contributed by atoms with Crippen LogP contribution in [0.5, 0.6) is 46.0 Å². The SMILES string of the molecule is CNCCc1cc(OC)c(Oc2c3c(cc(OC)c2OC)CCN(C)C3)cc1CCc1ccc(Oc2cc(C)c(S(=O)(=O)O)cc2OC)cc1. The van der Waals surface area contributed by atoms with Gasteiger partial charge in [0.1, 0.15) is 10.6 Å². The molecule has 4 aromatic carbocycles. The van der Waals surface area contributed by atoms with E-state index >= 15 is 0 Å². The van der Waals surface area contributed by atoms with Gasteiger partial charge in [-0.05, 0) is 117 Å². The molecule has 0 atom stereocenters. The summed E-state index contributed by atoms with van der Waals surface area (Å²) in [5, 5.41) is 3.25. The third-order valence-corrected chi connectivity index (χ3v) is 9.92. The van der Waals surface area contributed by atoms with E-state index in [1.54, 1.807) is 28.3 Å². The zero-order valence-corrected chi connectivity index (χ0v) is 30.5. The summed E-state index contributed by atoms with van der Waals surface area (Å²) in [7, 11) is 5.96. The summed E-state index contributed by atoms with van der Waals surface area (Å²) in [6, 6.07) is 16.7. The second-order valence-corrected chi connectivity index (χ2v) is 13.7. The van der Waals surface area contributed by atoms with E-state index in [1.807, 2.05) is 37.4 Å². The zero-order chi connectivity index (χ0) is 36.0. The van der Waals surface area contributed by atoms with Gasteiger partial charge in [0.2, 0.25) is 5.75 Å². The third-order valence-electron chi connectivity index (χ3n) is 8.93. The number of hydrogen-bond donors (Lipinski definition) is 2. The minimum Gasteiger partial charge on any atom is -0.493 e. The van der Waals surface area contributed by atoms with Gasteiger partial charge in [0.05, 0.1) is 28.4 Å². The number of fused-ring (bicyclic) bond motifs is 1. The Hall–Kier alpha value is -4.49. The zero-order valence-electron chi connectivity index (χ0n) is 29.7. The van der Waals surface area contributed by atoms with E-state index in [0.29, 0.717) is 45.8 Å². The van der Waals surface area contributed by atoms with Crippen molar-refractivity contribution < 1.29 is 41.4 Å². The Balaban J connectivity index is 1.41. The van der Waals surface area contributed by atoms with E-state index in [1.165, 1.54) is 30.4 Å². The summed E-state index contributed by atoms with van der Waals surface area (Å²) >= 11 is 0. The molecular formula is C38H46N2O9S. The van der Waals surface area contributed by atoms with E-state index in [4.69, 9.17) is 28.4 Å². The molecule has 12 heteroatoms. The summed E-state index contributed by atoms with van der Waals surface area (Å²) in [6.45, 7) is 4.06. The van der Waals surface area contributed by atoms with Crippen molar-refractivity contribution in [2.45, 2.75) is 44.0 Å². The first kappa shape index (κ1) is 36.8. The van der Waals surface area contributed by atoms with Crippen LogP contribution in [-0.4, -0.2) is 73.5 Å². The lowest BCUT2D eigenvalue weighted by atomic mass is 9.96. The molecule has 0 saturated carbocycles. The van der Waals surface area contributed by atoms with Crippen molar-refractivity contribution in [1.29, 1.82) is 0 Å². The summed E-state index contributed by atoms with van der Waals surface area (Å²) in [5.41, 5.74) is 6.00. The third kappa shape index (κ3) is 8.27. The predicted octanol–water partition coefficient (Wildman–Crippen LogP) is 6.40. The van der Waals surface area contributed by atoms with Gasteiger partial charge < -0.3 is 38.6 Å². The molecule has 5 rings (SSSR count). The van der Waals surface area contributed by atoms with E-state index in [-0.39, 0.29) is 10.6 Å². The molecule has 0 fully saturated rings. The van der Waals surface area contributed by atoms with Crippen molar-refractivity contribution in [2.75, 3.05) is 55.6 Å². The Morgan fingerprint density at radius 2 is 1.40 bits per heavy atom. The van der Waals surface area contributed by atoms with Gasteiger partial charge in [0.15, 0.2) is 34.5 Å². The minimum atomic E-state index is -4.40. The first-order valence-corrected chi connectivity index (χ1v) is 17.8. The molecule has 268 valence electrons. The Bertz CT molecular complexity index is 1930. The van der Waals surface area contributed by atoms with E-state index in [2.05, 4.69) is 29.4 Å². The van der Waals surface area contributed by atoms with Crippen LogP contribution in [0.15, 0.2) is 59.5 Å². The number of nitrogens with zero attached hydrogens (tertiary/aromatic N) is 1. The largest absolute Gasteiger partial charge is 0.493 e. The Morgan fingerprint density at radius 1 is 0.760 bits per heavy atom. The van der Waals surface area contributed by atoms with Gasteiger partial charge in [-0.25, -0.2) is 0 Å². The van der Waals surface area contributed by atoms with Gasteiger partial charge >= 0.3 is 0 Å². The molecule has 11 nitrogen and oxygen atoms in total. The Kier molecular flexibility index (Phi) is 11.8. The average molecular weight is 707 g/mol. The Labute approximate surface area is 294 Å². The van der Waals surface area contributed by atoms with Crippen molar-refractivity contribution in [1.82, 2.24) is 10.2 Å². The van der Waals surface area contributed by atoms with Crippen molar-refractivity contribution >= 4 is 10.1 Å². The molecule has 4 aromatic rings. The predicted molar refractivity (Wildman–Crippen MR) is 192 cm³/mol. The van der Waals surface area contributed by atoms with Crippen molar-refractivity contribution in [3.63, 3.8) is 0 Å². The number of methoxy groups -OCH3 is 4. The maximum atomic E-state index is 11.7. The van der Waals surface area contributed by atoms with Crippen molar-refractivity contribution in [3.8, 4) is 46.0 Å². The van der Waals surface area contributed by atoms with E-state index in [9.17, 15) is 13.0 Å². The highest BCUT2D eigenvalue weighted by atomic mass is 32.2. The molecule has 1 aliphatic rings. The van der Waals surface area contributed by atoms with Crippen molar-refractivity contribution in [3.05, 3.63) is 88.0 Å². The lowest BCUT2D eigenvalue weighted by Gasteiger charge is -2.29. The van der Waals surface area contributed by atoms with Gasteiger partial charge in [-0.3, -0.25) is 4.55 Å². The number of aryl methyl sites for hydroxylation is 3. The first-order valence-electron chi connectivity index (χ1n) is 16.4. The fourth-order valence-electron chi connectivity index (χ4n) is 6.22. The van der Waals surface area contributed by atoms with Crippen LogP contribution in [0.25, 0.3) is 0 Å². The fraction of sp³-hybridized carbons (Fsp3) is 0.368. The van der Waals surface area contributed by atoms with Crippen LogP contribution in [-0.2, 0) is 42.3 Å². The molecule has 0 aliphatic carbocycles. The van der Waals surface area contributed by atoms with Gasteiger partial charge in [-0.15, -0.1) is 0 Å². The number of nitrogens with one attached hydrogen (secondary N) is 1. The van der Waals surface area contributed by atoms with Gasteiger partial charge in [-0.1, -0.05) is 12.1 Å². The van der Waals surface area contributed by atoms with Gasteiger partial charge in [-0.2, -0.15) is 8.42 Å². The molecule has 0 spiro atoms. The normalized spacial score (nSPS) is 13.0. The summed E-state index contributed by atoms with van der Waals surface area (Å²) in [4.78, 5) is 2.03. The second kappa shape index (κ2) is 16.0. The molecule has 0 aromatic heterocycles. The molecule has 0 amide bonds. The molecule has 1 heterocycles. The summed E-state index contributed by atoms with van der Waals surface area (Å²) in [6.07, 6.45) is 3.20. The maximum Gasteiger partial charge on any atom is 0.294 e. The topological polar surface area (TPSA) is 125 Å². The quantitative estimate of drug-likeness (QED) is 0.134. The molecular weight excluding hydrogens is 660 g/mol. The summed E-state index contributed by atoms with van der Waals surface area (Å²) < 4.78 is 68.6. The van der Waals surface area contributed by atoms with Crippen LogP contribution in [0.4, 0.5) is 0 Å². The van der Waals surface area contributed by atoms with Gasteiger partial charge in [0, 0.05) is 24.7 Å². The number of rotatable bonds is 15. The maximum absolute atomic E-state index is 11.7. The molecule has 0 bridgehead atoms. The number of likely N-dealkylation sites (N-methyl/N-ethyl adjacent to an activating group) is 2. The van der Waals surface area contributed by atoms with Crippen LogP contribution < -0.4 is 33.7 Å². The first-order chi connectivity index (χ1) is 24.0. The average Bonchev–Trinajstić information content (AvgIpc) is 3.10. The Morgan fingerprint density at radius 3 is 2.04 bits per heavy atom. The lowest BCUT2D eigenvalue weighted by Crippen LogP contribution is -2.27. The van der Waals surface area contributed by atoms with Crippen LogP contribution >= 0.6 is 0 Å². The highest BCUT2D eigenvalue weighted by molar-refractivity contribution is 7.85. The monoisotopic (exact) mass is 706 g/mol.